The molecule has 0 radical (unpaired) electrons. The van der Waals surface area contributed by atoms with Crippen LogP contribution in [0.2, 0.25) is 0 Å². The lowest BCUT2D eigenvalue weighted by atomic mass is 10.2. The second kappa shape index (κ2) is 5.13. The SMILES string of the molecule is O=c1ccc(-c2ccco2)nn1Cc1ccccc1F. The van der Waals surface area contributed by atoms with Crippen LogP contribution in [0, 0.1) is 5.82 Å². The molecule has 0 bridgehead atoms. The average Bonchev–Trinajstić information content (AvgIpc) is 2.98. The van der Waals surface area contributed by atoms with Crippen molar-refractivity contribution >= 4 is 0 Å². The Morgan fingerprint density at radius 2 is 1.95 bits per heavy atom. The van der Waals surface area contributed by atoms with Crippen LogP contribution < -0.4 is 5.56 Å². The molecule has 5 heteroatoms. The van der Waals surface area contributed by atoms with Crippen molar-refractivity contribution in [3.8, 4) is 11.5 Å². The summed E-state index contributed by atoms with van der Waals surface area (Å²) in [6.45, 7) is 0.0834. The summed E-state index contributed by atoms with van der Waals surface area (Å²) >= 11 is 0. The molecule has 20 heavy (non-hydrogen) atoms. The molecular formula is C15H11FN2O2. The molecule has 4 nitrogen and oxygen atoms in total. The lowest BCUT2D eigenvalue weighted by molar-refractivity contribution is 0.558. The summed E-state index contributed by atoms with van der Waals surface area (Å²) in [6, 6.07) is 12.8. The number of hydrogen-bond donors (Lipinski definition) is 0. The largest absolute Gasteiger partial charge is 0.463 e. The van der Waals surface area contributed by atoms with Crippen molar-refractivity contribution in [3.63, 3.8) is 0 Å². The predicted octanol–water partition coefficient (Wildman–Crippen LogP) is 2.69. The van der Waals surface area contributed by atoms with Crippen molar-refractivity contribution in [3.05, 3.63) is 76.5 Å². The molecule has 3 aromatic rings. The van der Waals surface area contributed by atoms with E-state index >= 15 is 0 Å². The topological polar surface area (TPSA) is 48.0 Å². The molecule has 0 spiro atoms. The van der Waals surface area contributed by atoms with Gasteiger partial charge in [-0.15, -0.1) is 0 Å². The van der Waals surface area contributed by atoms with Crippen LogP contribution in [-0.2, 0) is 6.54 Å². The van der Waals surface area contributed by atoms with Gasteiger partial charge in [-0.2, -0.15) is 5.10 Å². The third-order valence-corrected chi connectivity index (χ3v) is 2.92. The number of hydrogen-bond acceptors (Lipinski definition) is 3. The number of rotatable bonds is 3. The summed E-state index contributed by atoms with van der Waals surface area (Å²) in [5, 5.41) is 4.19. The molecule has 1 aromatic carbocycles. The monoisotopic (exact) mass is 270 g/mol. The van der Waals surface area contributed by atoms with E-state index in [0.29, 0.717) is 17.0 Å². The van der Waals surface area contributed by atoms with Crippen molar-refractivity contribution in [1.82, 2.24) is 9.78 Å². The fourth-order valence-corrected chi connectivity index (χ4v) is 1.91. The minimum atomic E-state index is -0.357. The first-order chi connectivity index (χ1) is 9.74. The molecule has 100 valence electrons. The summed E-state index contributed by atoms with van der Waals surface area (Å²) < 4.78 is 20.1. The standard InChI is InChI=1S/C15H11FN2O2/c16-12-5-2-1-4-11(12)10-18-15(19)8-7-13(17-18)14-6-3-9-20-14/h1-9H,10H2. The lowest BCUT2D eigenvalue weighted by Crippen LogP contribution is -2.23. The Hall–Kier alpha value is -2.69. The first kappa shape index (κ1) is 12.3. The quantitative estimate of drug-likeness (QED) is 0.735. The molecule has 0 aliphatic rings. The molecule has 0 saturated carbocycles. The van der Waals surface area contributed by atoms with E-state index in [2.05, 4.69) is 5.10 Å². The highest BCUT2D eigenvalue weighted by molar-refractivity contribution is 5.50. The van der Waals surface area contributed by atoms with Crippen molar-refractivity contribution in [2.45, 2.75) is 6.54 Å². The van der Waals surface area contributed by atoms with Gasteiger partial charge in [-0.25, -0.2) is 9.07 Å². The van der Waals surface area contributed by atoms with Crippen molar-refractivity contribution in [2.24, 2.45) is 0 Å². The Kier molecular flexibility index (Phi) is 3.16. The molecule has 0 amide bonds. The maximum absolute atomic E-state index is 13.6. The van der Waals surface area contributed by atoms with Crippen molar-refractivity contribution < 1.29 is 8.81 Å². The van der Waals surface area contributed by atoms with Gasteiger partial charge >= 0.3 is 0 Å². The summed E-state index contributed by atoms with van der Waals surface area (Å²) in [5.74, 6) is 0.205. The third kappa shape index (κ3) is 2.38. The van der Waals surface area contributed by atoms with Crippen LogP contribution in [0.15, 0.2) is 64.0 Å². The zero-order valence-corrected chi connectivity index (χ0v) is 10.5. The Labute approximate surface area is 114 Å². The van der Waals surface area contributed by atoms with Crippen LogP contribution in [-0.4, -0.2) is 9.78 Å². The van der Waals surface area contributed by atoms with Crippen LogP contribution in [0.1, 0.15) is 5.56 Å². The van der Waals surface area contributed by atoms with Gasteiger partial charge < -0.3 is 4.42 Å². The molecule has 0 unspecified atom stereocenters. The van der Waals surface area contributed by atoms with E-state index in [1.54, 1.807) is 36.4 Å². The Morgan fingerprint density at radius 3 is 2.70 bits per heavy atom. The van der Waals surface area contributed by atoms with Crippen molar-refractivity contribution in [2.75, 3.05) is 0 Å². The molecule has 0 aliphatic carbocycles. The summed E-state index contributed by atoms with van der Waals surface area (Å²) in [6.07, 6.45) is 1.53. The molecule has 0 N–H and O–H groups in total. The number of nitrogens with zero attached hydrogens (tertiary/aromatic N) is 2. The summed E-state index contributed by atoms with van der Waals surface area (Å²) in [5.41, 5.74) is 0.660. The second-order valence-corrected chi connectivity index (χ2v) is 4.28. The van der Waals surface area contributed by atoms with Gasteiger partial charge in [0.05, 0.1) is 12.8 Å². The third-order valence-electron chi connectivity index (χ3n) is 2.92. The lowest BCUT2D eigenvalue weighted by Gasteiger charge is -2.06. The molecule has 0 fully saturated rings. The predicted molar refractivity (Wildman–Crippen MR) is 71.7 cm³/mol. The van der Waals surface area contributed by atoms with E-state index in [1.807, 2.05) is 0 Å². The van der Waals surface area contributed by atoms with Gasteiger partial charge in [0, 0.05) is 11.6 Å². The second-order valence-electron chi connectivity index (χ2n) is 4.28. The van der Waals surface area contributed by atoms with Crippen LogP contribution in [0.3, 0.4) is 0 Å². The first-order valence-electron chi connectivity index (χ1n) is 6.09. The first-order valence-corrected chi connectivity index (χ1v) is 6.09. The fourth-order valence-electron chi connectivity index (χ4n) is 1.91. The Morgan fingerprint density at radius 1 is 1.10 bits per heavy atom. The van der Waals surface area contributed by atoms with Gasteiger partial charge in [0.15, 0.2) is 5.76 Å². The van der Waals surface area contributed by atoms with Gasteiger partial charge in [-0.3, -0.25) is 4.79 Å². The number of benzene rings is 1. The van der Waals surface area contributed by atoms with Crippen molar-refractivity contribution in [1.29, 1.82) is 0 Å². The van der Waals surface area contributed by atoms with Crippen LogP contribution in [0.4, 0.5) is 4.39 Å². The molecule has 0 aliphatic heterocycles. The molecule has 3 rings (SSSR count). The van der Waals surface area contributed by atoms with E-state index in [4.69, 9.17) is 4.42 Å². The van der Waals surface area contributed by atoms with Gasteiger partial charge in [0.25, 0.3) is 5.56 Å². The molecule has 2 aromatic heterocycles. The van der Waals surface area contributed by atoms with E-state index in [-0.39, 0.29) is 17.9 Å². The fraction of sp³-hybridized carbons (Fsp3) is 0.0667. The number of aromatic nitrogens is 2. The smallest absolute Gasteiger partial charge is 0.267 e. The van der Waals surface area contributed by atoms with Gasteiger partial charge in [-0.05, 0) is 24.3 Å². The van der Waals surface area contributed by atoms with Gasteiger partial charge in [0.2, 0.25) is 0 Å². The summed E-state index contributed by atoms with van der Waals surface area (Å²) in [7, 11) is 0. The van der Waals surface area contributed by atoms with Gasteiger partial charge in [0.1, 0.15) is 11.5 Å². The Balaban J connectivity index is 2.00. The molecule has 0 atom stereocenters. The maximum atomic E-state index is 13.6. The number of halogens is 1. The molecule has 0 saturated heterocycles. The normalized spacial score (nSPS) is 10.7. The number of furan rings is 1. The van der Waals surface area contributed by atoms with Gasteiger partial charge in [-0.1, -0.05) is 18.2 Å². The highest BCUT2D eigenvalue weighted by Gasteiger charge is 2.08. The molecule has 2 heterocycles. The minimum absolute atomic E-state index is 0.0834. The van der Waals surface area contributed by atoms with E-state index in [0.717, 1.165) is 0 Å². The highest BCUT2D eigenvalue weighted by atomic mass is 19.1. The zero-order chi connectivity index (χ0) is 13.9. The molecular weight excluding hydrogens is 259 g/mol. The zero-order valence-electron chi connectivity index (χ0n) is 10.5. The average molecular weight is 270 g/mol. The van der Waals surface area contributed by atoms with E-state index < -0.39 is 0 Å². The minimum Gasteiger partial charge on any atom is -0.463 e. The van der Waals surface area contributed by atoms with Crippen LogP contribution in [0.5, 0.6) is 0 Å². The summed E-state index contributed by atoms with van der Waals surface area (Å²) in [4.78, 5) is 11.8. The van der Waals surface area contributed by atoms with E-state index in [1.165, 1.54) is 23.1 Å². The highest BCUT2D eigenvalue weighted by Crippen LogP contribution is 2.15. The van der Waals surface area contributed by atoms with Crippen LogP contribution in [0.25, 0.3) is 11.5 Å². The Bertz CT molecular complexity index is 779. The van der Waals surface area contributed by atoms with Crippen LogP contribution >= 0.6 is 0 Å². The van der Waals surface area contributed by atoms with E-state index in [9.17, 15) is 9.18 Å². The maximum Gasteiger partial charge on any atom is 0.267 e.